The first-order valence-electron chi connectivity index (χ1n) is 6.93. The SMILES string of the molecule is O=C(Oc1c(Br)cc(Br)c2nc3ccccc3nc12)c1cccs1. The molecule has 4 nitrogen and oxygen atoms in total. The Labute approximate surface area is 157 Å². The van der Waals surface area contributed by atoms with Gasteiger partial charge in [-0.1, -0.05) is 18.2 Å². The van der Waals surface area contributed by atoms with Crippen molar-refractivity contribution in [2.45, 2.75) is 0 Å². The molecular formula is C17H8Br2N2O2S. The molecule has 24 heavy (non-hydrogen) atoms. The third-order valence-electron chi connectivity index (χ3n) is 3.40. The molecule has 2 aromatic heterocycles. The van der Waals surface area contributed by atoms with E-state index < -0.39 is 5.97 Å². The van der Waals surface area contributed by atoms with E-state index in [0.29, 0.717) is 26.1 Å². The highest BCUT2D eigenvalue weighted by molar-refractivity contribution is 9.11. The zero-order chi connectivity index (χ0) is 16.7. The fourth-order valence-electron chi connectivity index (χ4n) is 2.32. The molecule has 0 aliphatic rings. The second kappa shape index (κ2) is 6.23. The molecule has 2 heterocycles. The third-order valence-corrected chi connectivity index (χ3v) is 5.44. The van der Waals surface area contributed by atoms with Crippen LogP contribution in [0.15, 0.2) is 56.8 Å². The number of esters is 1. The van der Waals surface area contributed by atoms with Crippen molar-refractivity contribution in [1.82, 2.24) is 9.97 Å². The predicted molar refractivity (Wildman–Crippen MR) is 102 cm³/mol. The van der Waals surface area contributed by atoms with E-state index in [4.69, 9.17) is 4.74 Å². The van der Waals surface area contributed by atoms with E-state index in [0.717, 1.165) is 15.5 Å². The van der Waals surface area contributed by atoms with Gasteiger partial charge in [0.1, 0.15) is 15.9 Å². The second-order valence-electron chi connectivity index (χ2n) is 4.95. The van der Waals surface area contributed by atoms with Gasteiger partial charge in [0.25, 0.3) is 0 Å². The molecule has 7 heteroatoms. The number of carbonyl (C=O) groups excluding carboxylic acids is 1. The van der Waals surface area contributed by atoms with Crippen molar-refractivity contribution in [3.63, 3.8) is 0 Å². The van der Waals surface area contributed by atoms with Crippen LogP contribution in [0.1, 0.15) is 9.67 Å². The summed E-state index contributed by atoms with van der Waals surface area (Å²) < 4.78 is 7.02. The lowest BCUT2D eigenvalue weighted by Crippen LogP contribution is -2.08. The average molecular weight is 464 g/mol. The largest absolute Gasteiger partial charge is 0.419 e. The molecule has 2 aromatic carbocycles. The lowest BCUT2D eigenvalue weighted by Gasteiger charge is -2.10. The number of fused-ring (bicyclic) bond motifs is 2. The van der Waals surface area contributed by atoms with Crippen LogP contribution in [0.2, 0.25) is 0 Å². The summed E-state index contributed by atoms with van der Waals surface area (Å²) >= 11 is 8.29. The maximum absolute atomic E-state index is 12.3. The Morgan fingerprint density at radius 2 is 1.67 bits per heavy atom. The van der Waals surface area contributed by atoms with Crippen molar-refractivity contribution < 1.29 is 9.53 Å². The number of thiophene rings is 1. The Bertz CT molecular complexity index is 1080. The summed E-state index contributed by atoms with van der Waals surface area (Å²) in [5.41, 5.74) is 2.69. The lowest BCUT2D eigenvalue weighted by atomic mass is 10.2. The number of ether oxygens (including phenoxy) is 1. The molecule has 0 aliphatic heterocycles. The summed E-state index contributed by atoms with van der Waals surface area (Å²) in [6.45, 7) is 0. The van der Waals surface area contributed by atoms with E-state index in [1.165, 1.54) is 11.3 Å². The molecule has 4 rings (SSSR count). The van der Waals surface area contributed by atoms with E-state index in [2.05, 4.69) is 41.8 Å². The van der Waals surface area contributed by atoms with E-state index in [1.54, 1.807) is 6.07 Å². The zero-order valence-electron chi connectivity index (χ0n) is 12.0. The van der Waals surface area contributed by atoms with E-state index in [1.807, 2.05) is 41.8 Å². The van der Waals surface area contributed by atoms with Crippen LogP contribution in [0, 0.1) is 0 Å². The molecule has 0 aliphatic carbocycles. The van der Waals surface area contributed by atoms with Crippen LogP contribution < -0.4 is 4.74 Å². The van der Waals surface area contributed by atoms with Crippen LogP contribution in [0.5, 0.6) is 5.75 Å². The van der Waals surface area contributed by atoms with Crippen LogP contribution in [0.4, 0.5) is 0 Å². The molecule has 0 radical (unpaired) electrons. The summed E-state index contributed by atoms with van der Waals surface area (Å²) in [6, 6.07) is 12.9. The van der Waals surface area contributed by atoms with Gasteiger partial charge in [0.15, 0.2) is 5.75 Å². The van der Waals surface area contributed by atoms with Crippen LogP contribution in [0.3, 0.4) is 0 Å². The summed E-state index contributed by atoms with van der Waals surface area (Å²) in [5.74, 6) is -0.0471. The molecular weight excluding hydrogens is 456 g/mol. The highest BCUT2D eigenvalue weighted by Gasteiger charge is 2.19. The highest BCUT2D eigenvalue weighted by Crippen LogP contribution is 2.38. The number of benzene rings is 2. The number of carbonyl (C=O) groups is 1. The third kappa shape index (κ3) is 2.72. The Hall–Kier alpha value is -1.83. The average Bonchev–Trinajstić information content (AvgIpc) is 3.12. The first kappa shape index (κ1) is 15.7. The number of aromatic nitrogens is 2. The van der Waals surface area contributed by atoms with Gasteiger partial charge in [0, 0.05) is 4.47 Å². The van der Waals surface area contributed by atoms with Gasteiger partial charge in [0.05, 0.1) is 15.5 Å². The Kier molecular flexibility index (Phi) is 4.07. The molecule has 0 saturated carbocycles. The summed E-state index contributed by atoms with van der Waals surface area (Å²) in [4.78, 5) is 22.1. The van der Waals surface area contributed by atoms with Gasteiger partial charge in [-0.05, 0) is 61.5 Å². The molecule has 0 saturated heterocycles. The molecule has 0 unspecified atom stereocenters. The fourth-order valence-corrected chi connectivity index (χ4v) is 4.23. The van der Waals surface area contributed by atoms with Crippen molar-refractivity contribution in [3.05, 3.63) is 61.7 Å². The standard InChI is InChI=1S/C17H8Br2N2O2S/c18-9-8-10(19)16(23-17(22)13-6-3-7-24-13)15-14(9)20-11-4-1-2-5-12(11)21-15/h1-8H. The number of para-hydroxylation sites is 2. The first-order chi connectivity index (χ1) is 11.6. The molecule has 0 spiro atoms. The van der Waals surface area contributed by atoms with Crippen molar-refractivity contribution in [2.75, 3.05) is 0 Å². The Balaban J connectivity index is 1.93. The minimum absolute atomic E-state index is 0.366. The van der Waals surface area contributed by atoms with Gasteiger partial charge >= 0.3 is 5.97 Å². The molecule has 4 aromatic rings. The molecule has 118 valence electrons. The van der Waals surface area contributed by atoms with Crippen LogP contribution in [-0.2, 0) is 0 Å². The van der Waals surface area contributed by atoms with Crippen molar-refractivity contribution >= 4 is 71.2 Å². The lowest BCUT2D eigenvalue weighted by molar-refractivity contribution is 0.0740. The van der Waals surface area contributed by atoms with E-state index in [-0.39, 0.29) is 0 Å². The predicted octanol–water partition coefficient (Wildman–Crippen LogP) is 5.59. The van der Waals surface area contributed by atoms with Gasteiger partial charge in [-0.3, -0.25) is 0 Å². The van der Waals surface area contributed by atoms with Crippen LogP contribution in [-0.4, -0.2) is 15.9 Å². The monoisotopic (exact) mass is 462 g/mol. The minimum Gasteiger partial charge on any atom is -0.419 e. The number of nitrogens with zero attached hydrogens (tertiary/aromatic N) is 2. The van der Waals surface area contributed by atoms with Crippen LogP contribution in [0.25, 0.3) is 22.1 Å². The smallest absolute Gasteiger partial charge is 0.353 e. The van der Waals surface area contributed by atoms with Gasteiger partial charge in [-0.15, -0.1) is 11.3 Å². The highest BCUT2D eigenvalue weighted by atomic mass is 79.9. The van der Waals surface area contributed by atoms with E-state index >= 15 is 0 Å². The summed E-state index contributed by atoms with van der Waals surface area (Å²) in [5, 5.41) is 1.83. The van der Waals surface area contributed by atoms with Crippen molar-refractivity contribution in [2.24, 2.45) is 0 Å². The Morgan fingerprint density at radius 1 is 0.958 bits per heavy atom. The van der Waals surface area contributed by atoms with Gasteiger partial charge in [-0.25, -0.2) is 14.8 Å². The number of rotatable bonds is 2. The number of halogens is 2. The molecule has 0 N–H and O–H groups in total. The normalized spacial score (nSPS) is 11.1. The van der Waals surface area contributed by atoms with Crippen LogP contribution >= 0.6 is 43.2 Å². The molecule has 0 bridgehead atoms. The quantitative estimate of drug-likeness (QED) is 0.221. The summed E-state index contributed by atoms with van der Waals surface area (Å²) in [6.07, 6.45) is 0. The fraction of sp³-hybridized carbons (Fsp3) is 0. The first-order valence-corrected chi connectivity index (χ1v) is 9.40. The number of hydrogen-bond donors (Lipinski definition) is 0. The number of hydrogen-bond acceptors (Lipinski definition) is 5. The topological polar surface area (TPSA) is 52.1 Å². The summed E-state index contributed by atoms with van der Waals surface area (Å²) in [7, 11) is 0. The van der Waals surface area contributed by atoms with Crippen molar-refractivity contribution in [3.8, 4) is 5.75 Å². The molecule has 0 fully saturated rings. The van der Waals surface area contributed by atoms with Gasteiger partial charge in [0.2, 0.25) is 0 Å². The second-order valence-corrected chi connectivity index (χ2v) is 7.60. The maximum Gasteiger partial charge on any atom is 0.353 e. The van der Waals surface area contributed by atoms with E-state index in [9.17, 15) is 4.79 Å². The maximum atomic E-state index is 12.3. The minimum atomic E-state index is -0.413. The zero-order valence-corrected chi connectivity index (χ0v) is 16.0. The van der Waals surface area contributed by atoms with Gasteiger partial charge in [-0.2, -0.15) is 0 Å². The Morgan fingerprint density at radius 3 is 2.33 bits per heavy atom. The molecule has 0 amide bonds. The van der Waals surface area contributed by atoms with Gasteiger partial charge < -0.3 is 4.74 Å². The molecule has 0 atom stereocenters. The van der Waals surface area contributed by atoms with Crippen molar-refractivity contribution in [1.29, 1.82) is 0 Å².